The highest BCUT2D eigenvalue weighted by Crippen LogP contribution is 2.35. The molecule has 1 aromatic rings. The Kier molecular flexibility index (Phi) is 4.29. The van der Waals surface area contributed by atoms with Crippen molar-refractivity contribution >= 4 is 10.0 Å². The highest BCUT2D eigenvalue weighted by molar-refractivity contribution is 7.89. The van der Waals surface area contributed by atoms with E-state index in [0.717, 1.165) is 11.1 Å². The Morgan fingerprint density at radius 3 is 2.38 bits per heavy atom. The van der Waals surface area contributed by atoms with E-state index in [0.29, 0.717) is 18.0 Å². The molecule has 116 valence electrons. The predicted octanol–water partition coefficient (Wildman–Crippen LogP) is 2.60. The Balaban J connectivity index is 2.28. The Labute approximate surface area is 127 Å². The Bertz CT molecular complexity index is 632. The molecule has 0 aromatic heterocycles. The SMILES string of the molecule is C=C1CN(S(=O)(=O)c2ccc(C)cc2)CC1C(C)(C)OC. The second kappa shape index (κ2) is 5.55. The smallest absolute Gasteiger partial charge is 0.243 e. The van der Waals surface area contributed by atoms with E-state index in [1.54, 1.807) is 19.2 Å². The molecule has 1 saturated heterocycles. The molecule has 1 atom stereocenters. The molecule has 0 radical (unpaired) electrons. The van der Waals surface area contributed by atoms with E-state index < -0.39 is 15.6 Å². The number of hydrogen-bond donors (Lipinski definition) is 0. The van der Waals surface area contributed by atoms with Gasteiger partial charge in [0, 0.05) is 26.1 Å². The van der Waals surface area contributed by atoms with Crippen LogP contribution in [0, 0.1) is 12.8 Å². The van der Waals surface area contributed by atoms with Crippen molar-refractivity contribution in [1.82, 2.24) is 4.31 Å². The van der Waals surface area contributed by atoms with Crippen molar-refractivity contribution < 1.29 is 13.2 Å². The highest BCUT2D eigenvalue weighted by Gasteiger charge is 2.42. The van der Waals surface area contributed by atoms with Gasteiger partial charge in [-0.2, -0.15) is 4.31 Å². The first-order valence-electron chi connectivity index (χ1n) is 6.98. The molecule has 2 rings (SSSR count). The van der Waals surface area contributed by atoms with Gasteiger partial charge >= 0.3 is 0 Å². The second-order valence-corrected chi connectivity index (χ2v) is 8.07. The number of rotatable bonds is 4. The maximum atomic E-state index is 12.7. The first-order valence-corrected chi connectivity index (χ1v) is 8.42. The molecule has 1 aliphatic heterocycles. The monoisotopic (exact) mass is 309 g/mol. The van der Waals surface area contributed by atoms with Crippen LogP contribution in [0.2, 0.25) is 0 Å². The number of benzene rings is 1. The Morgan fingerprint density at radius 1 is 1.29 bits per heavy atom. The Morgan fingerprint density at radius 2 is 1.86 bits per heavy atom. The summed E-state index contributed by atoms with van der Waals surface area (Å²) in [4.78, 5) is 0.330. The normalized spacial score (nSPS) is 21.0. The summed E-state index contributed by atoms with van der Waals surface area (Å²) in [5, 5.41) is 0. The minimum atomic E-state index is -3.47. The zero-order chi connectivity index (χ0) is 15.8. The van der Waals surface area contributed by atoms with Gasteiger partial charge in [-0.3, -0.25) is 0 Å². The van der Waals surface area contributed by atoms with Crippen molar-refractivity contribution in [3.63, 3.8) is 0 Å². The lowest BCUT2D eigenvalue weighted by Crippen LogP contribution is -2.37. The van der Waals surface area contributed by atoms with Crippen molar-refractivity contribution in [1.29, 1.82) is 0 Å². The van der Waals surface area contributed by atoms with E-state index in [-0.39, 0.29) is 5.92 Å². The van der Waals surface area contributed by atoms with E-state index in [9.17, 15) is 8.42 Å². The third kappa shape index (κ3) is 3.05. The minimum absolute atomic E-state index is 0.00252. The summed E-state index contributed by atoms with van der Waals surface area (Å²) < 4.78 is 32.4. The predicted molar refractivity (Wildman–Crippen MR) is 83.7 cm³/mol. The standard InChI is InChI=1S/C16H23NO3S/c1-12-6-8-14(9-7-12)21(18,19)17-10-13(2)15(11-17)16(3,4)20-5/h6-9,15H,2,10-11H2,1,3-5H3. The van der Waals surface area contributed by atoms with Gasteiger partial charge in [0.25, 0.3) is 0 Å². The van der Waals surface area contributed by atoms with Crippen molar-refractivity contribution in [3.05, 3.63) is 42.0 Å². The average Bonchev–Trinajstić information content (AvgIpc) is 2.83. The van der Waals surface area contributed by atoms with Gasteiger partial charge < -0.3 is 4.74 Å². The second-order valence-electron chi connectivity index (χ2n) is 6.13. The molecule has 4 nitrogen and oxygen atoms in total. The van der Waals surface area contributed by atoms with Crippen molar-refractivity contribution in [2.75, 3.05) is 20.2 Å². The van der Waals surface area contributed by atoms with E-state index >= 15 is 0 Å². The van der Waals surface area contributed by atoms with E-state index in [2.05, 4.69) is 6.58 Å². The summed E-state index contributed by atoms with van der Waals surface area (Å²) >= 11 is 0. The zero-order valence-electron chi connectivity index (χ0n) is 13.1. The van der Waals surface area contributed by atoms with Gasteiger partial charge in [-0.15, -0.1) is 0 Å². The third-order valence-electron chi connectivity index (χ3n) is 4.28. The van der Waals surface area contributed by atoms with Crippen LogP contribution in [-0.2, 0) is 14.8 Å². The fourth-order valence-corrected chi connectivity index (χ4v) is 4.09. The molecular formula is C16H23NO3S. The van der Waals surface area contributed by atoms with Crippen molar-refractivity contribution in [2.45, 2.75) is 31.3 Å². The quantitative estimate of drug-likeness (QED) is 0.803. The maximum absolute atomic E-state index is 12.7. The number of nitrogens with zero attached hydrogens (tertiary/aromatic N) is 1. The fraction of sp³-hybridized carbons (Fsp3) is 0.500. The van der Waals surface area contributed by atoms with Gasteiger partial charge in [-0.1, -0.05) is 29.8 Å². The Hall–Kier alpha value is -1.17. The third-order valence-corrected chi connectivity index (χ3v) is 6.11. The molecule has 0 bridgehead atoms. The topological polar surface area (TPSA) is 46.6 Å². The number of hydrogen-bond acceptors (Lipinski definition) is 3. The molecule has 1 aromatic carbocycles. The molecule has 21 heavy (non-hydrogen) atoms. The number of aryl methyl sites for hydroxylation is 1. The van der Waals surface area contributed by atoms with E-state index in [4.69, 9.17) is 4.74 Å². The maximum Gasteiger partial charge on any atom is 0.243 e. The lowest BCUT2D eigenvalue weighted by Gasteiger charge is -2.30. The summed E-state index contributed by atoms with van der Waals surface area (Å²) in [5.74, 6) is 0.00252. The van der Waals surface area contributed by atoms with Crippen LogP contribution in [0.5, 0.6) is 0 Å². The van der Waals surface area contributed by atoms with Crippen LogP contribution in [0.15, 0.2) is 41.3 Å². The number of methoxy groups -OCH3 is 1. The molecule has 0 amide bonds. The fourth-order valence-electron chi connectivity index (χ4n) is 2.63. The van der Waals surface area contributed by atoms with Gasteiger partial charge in [-0.05, 0) is 32.9 Å². The summed E-state index contributed by atoms with van der Waals surface area (Å²) in [6.45, 7) is 10.7. The van der Waals surface area contributed by atoms with Gasteiger partial charge in [0.1, 0.15) is 0 Å². The summed E-state index contributed by atoms with van der Waals surface area (Å²) in [6, 6.07) is 6.94. The molecular weight excluding hydrogens is 286 g/mol. The van der Waals surface area contributed by atoms with Crippen LogP contribution in [0.4, 0.5) is 0 Å². The first-order chi connectivity index (χ1) is 9.68. The van der Waals surface area contributed by atoms with Crippen molar-refractivity contribution in [2.24, 2.45) is 5.92 Å². The van der Waals surface area contributed by atoms with Crippen LogP contribution >= 0.6 is 0 Å². The average molecular weight is 309 g/mol. The van der Waals surface area contributed by atoms with Crippen LogP contribution in [-0.4, -0.2) is 38.5 Å². The highest BCUT2D eigenvalue weighted by atomic mass is 32.2. The summed E-state index contributed by atoms with van der Waals surface area (Å²) in [6.07, 6.45) is 0. The molecule has 1 fully saturated rings. The van der Waals surface area contributed by atoms with Gasteiger partial charge in [0.05, 0.1) is 10.5 Å². The van der Waals surface area contributed by atoms with Gasteiger partial charge in [0.15, 0.2) is 0 Å². The molecule has 0 N–H and O–H groups in total. The molecule has 1 heterocycles. The lowest BCUT2D eigenvalue weighted by molar-refractivity contribution is -0.0120. The van der Waals surface area contributed by atoms with Crippen LogP contribution in [0.1, 0.15) is 19.4 Å². The largest absolute Gasteiger partial charge is 0.378 e. The first kappa shape index (κ1) is 16.2. The van der Waals surface area contributed by atoms with Crippen LogP contribution < -0.4 is 0 Å². The van der Waals surface area contributed by atoms with Crippen molar-refractivity contribution in [3.8, 4) is 0 Å². The molecule has 0 spiro atoms. The minimum Gasteiger partial charge on any atom is -0.378 e. The van der Waals surface area contributed by atoms with E-state index in [1.807, 2.05) is 32.9 Å². The van der Waals surface area contributed by atoms with Crippen LogP contribution in [0.3, 0.4) is 0 Å². The molecule has 1 unspecified atom stereocenters. The summed E-state index contributed by atoms with van der Waals surface area (Å²) in [5.41, 5.74) is 1.52. The van der Waals surface area contributed by atoms with Gasteiger partial charge in [-0.25, -0.2) is 8.42 Å². The summed E-state index contributed by atoms with van der Waals surface area (Å²) in [7, 11) is -1.83. The molecule has 1 aliphatic rings. The number of ether oxygens (including phenoxy) is 1. The zero-order valence-corrected chi connectivity index (χ0v) is 13.9. The lowest BCUT2D eigenvalue weighted by atomic mass is 9.87. The number of sulfonamides is 1. The molecule has 0 aliphatic carbocycles. The molecule has 0 saturated carbocycles. The molecule has 5 heteroatoms. The van der Waals surface area contributed by atoms with Gasteiger partial charge in [0.2, 0.25) is 10.0 Å². The van der Waals surface area contributed by atoms with Crippen LogP contribution in [0.25, 0.3) is 0 Å². The van der Waals surface area contributed by atoms with E-state index in [1.165, 1.54) is 4.31 Å².